The first kappa shape index (κ1) is 17.0. The van der Waals surface area contributed by atoms with Gasteiger partial charge in [0.05, 0.1) is 5.69 Å². The number of imide groups is 1. The van der Waals surface area contributed by atoms with Crippen LogP contribution in [0.3, 0.4) is 0 Å². The molecule has 25 heavy (non-hydrogen) atoms. The van der Waals surface area contributed by atoms with Gasteiger partial charge in [0, 0.05) is 17.8 Å². The van der Waals surface area contributed by atoms with Crippen molar-refractivity contribution in [3.05, 3.63) is 48.6 Å². The summed E-state index contributed by atoms with van der Waals surface area (Å²) >= 11 is 0. The van der Waals surface area contributed by atoms with Crippen LogP contribution in [0.5, 0.6) is 0 Å². The highest BCUT2D eigenvalue weighted by Crippen LogP contribution is 2.22. The van der Waals surface area contributed by atoms with Crippen LogP contribution in [0.2, 0.25) is 0 Å². The number of allylic oxidation sites excluding steroid dienone is 2. The monoisotopic (exact) mass is 340 g/mol. The fourth-order valence-corrected chi connectivity index (χ4v) is 2.89. The summed E-state index contributed by atoms with van der Waals surface area (Å²) in [6, 6.07) is 6.49. The van der Waals surface area contributed by atoms with E-state index < -0.39 is 6.09 Å². The molecule has 1 atom stereocenters. The fraction of sp³-hybridized carbons (Fsp3) is 0.316. The number of hydrogen-bond donors (Lipinski definition) is 1. The van der Waals surface area contributed by atoms with E-state index in [1.54, 1.807) is 24.3 Å². The molecular weight excluding hydrogens is 320 g/mol. The van der Waals surface area contributed by atoms with Crippen molar-refractivity contribution in [2.24, 2.45) is 0 Å². The second-order valence-electron chi connectivity index (χ2n) is 6.02. The molecule has 0 bridgehead atoms. The zero-order chi connectivity index (χ0) is 17.6. The van der Waals surface area contributed by atoms with Crippen LogP contribution < -0.4 is 10.2 Å². The van der Waals surface area contributed by atoms with Crippen molar-refractivity contribution in [3.63, 3.8) is 0 Å². The molecule has 1 aliphatic carbocycles. The molecule has 3 amide bonds. The first-order valence-corrected chi connectivity index (χ1v) is 8.42. The van der Waals surface area contributed by atoms with E-state index >= 15 is 0 Å². The predicted molar refractivity (Wildman–Crippen MR) is 94.2 cm³/mol. The maximum atomic E-state index is 12.0. The minimum Gasteiger partial charge on any atom is -0.446 e. The van der Waals surface area contributed by atoms with Crippen LogP contribution in [0.15, 0.2) is 48.6 Å². The van der Waals surface area contributed by atoms with Gasteiger partial charge in [-0.2, -0.15) is 0 Å². The lowest BCUT2D eigenvalue weighted by Gasteiger charge is -2.19. The first-order chi connectivity index (χ1) is 12.1. The van der Waals surface area contributed by atoms with Crippen LogP contribution in [-0.4, -0.2) is 24.0 Å². The Bertz CT molecular complexity index is 703. The predicted octanol–water partition coefficient (Wildman–Crippen LogP) is 3.55. The molecule has 1 aromatic rings. The van der Waals surface area contributed by atoms with Gasteiger partial charge < -0.3 is 4.74 Å². The summed E-state index contributed by atoms with van der Waals surface area (Å²) in [5, 5.41) is 2.68. The van der Waals surface area contributed by atoms with Gasteiger partial charge in [0.15, 0.2) is 0 Å². The van der Waals surface area contributed by atoms with Crippen LogP contribution in [0.25, 0.3) is 0 Å². The molecule has 1 N–H and O–H groups in total. The van der Waals surface area contributed by atoms with Crippen molar-refractivity contribution >= 4 is 29.3 Å². The quantitative estimate of drug-likeness (QED) is 0.674. The molecule has 0 radical (unpaired) electrons. The summed E-state index contributed by atoms with van der Waals surface area (Å²) in [5.41, 5.74) is 1.01. The summed E-state index contributed by atoms with van der Waals surface area (Å²) in [6.07, 6.45) is 10.8. The molecule has 1 aliphatic heterocycles. The number of rotatable bonds is 3. The molecule has 0 aromatic heterocycles. The number of ether oxygens (including phenoxy) is 1. The number of amides is 3. The Hall–Kier alpha value is -2.89. The summed E-state index contributed by atoms with van der Waals surface area (Å²) < 4.78 is 5.48. The number of hydrogen-bond acceptors (Lipinski definition) is 4. The third-order valence-corrected chi connectivity index (χ3v) is 4.17. The smallest absolute Gasteiger partial charge is 0.411 e. The lowest BCUT2D eigenvalue weighted by atomic mass is 10.0. The molecule has 0 unspecified atom stereocenters. The largest absolute Gasteiger partial charge is 0.446 e. The summed E-state index contributed by atoms with van der Waals surface area (Å²) in [4.78, 5) is 36.4. The molecular formula is C19H20N2O4. The molecule has 6 nitrogen and oxygen atoms in total. The SMILES string of the molecule is O=C(Nc1ccc(N2C(=O)C=CC2=O)cc1)O[C@H]1CC/C=C/CCC1. The topological polar surface area (TPSA) is 75.7 Å². The van der Waals surface area contributed by atoms with Crippen molar-refractivity contribution in [3.8, 4) is 0 Å². The average Bonchev–Trinajstić information content (AvgIpc) is 2.90. The van der Waals surface area contributed by atoms with E-state index in [2.05, 4.69) is 17.5 Å². The van der Waals surface area contributed by atoms with Crippen molar-refractivity contribution in [1.82, 2.24) is 0 Å². The van der Waals surface area contributed by atoms with Gasteiger partial charge in [-0.15, -0.1) is 0 Å². The number of carbonyl (C=O) groups excluding carboxylic acids is 3. The summed E-state index contributed by atoms with van der Waals surface area (Å²) in [7, 11) is 0. The molecule has 3 rings (SSSR count). The third kappa shape index (κ3) is 4.35. The van der Waals surface area contributed by atoms with Crippen molar-refractivity contribution in [2.75, 3.05) is 10.2 Å². The highest BCUT2D eigenvalue weighted by Gasteiger charge is 2.25. The molecule has 1 heterocycles. The Morgan fingerprint density at radius 2 is 1.68 bits per heavy atom. The number of nitrogens with zero attached hydrogens (tertiary/aromatic N) is 1. The van der Waals surface area contributed by atoms with Gasteiger partial charge in [-0.05, 0) is 56.4 Å². The van der Waals surface area contributed by atoms with E-state index in [4.69, 9.17) is 4.74 Å². The Kier molecular flexibility index (Phi) is 5.28. The fourth-order valence-electron chi connectivity index (χ4n) is 2.89. The van der Waals surface area contributed by atoms with Crippen molar-refractivity contribution < 1.29 is 19.1 Å². The van der Waals surface area contributed by atoms with E-state index in [9.17, 15) is 14.4 Å². The Morgan fingerprint density at radius 3 is 2.40 bits per heavy atom. The lowest BCUT2D eigenvalue weighted by molar-refractivity contribution is -0.119. The Balaban J connectivity index is 1.56. The molecule has 2 aliphatic rings. The highest BCUT2D eigenvalue weighted by molar-refractivity contribution is 6.28. The van der Waals surface area contributed by atoms with Crippen LogP contribution in [0, 0.1) is 0 Å². The molecule has 130 valence electrons. The maximum Gasteiger partial charge on any atom is 0.411 e. The molecule has 0 fully saturated rings. The van der Waals surface area contributed by atoms with Gasteiger partial charge in [0.25, 0.3) is 11.8 Å². The average molecular weight is 340 g/mol. The molecule has 1 aromatic carbocycles. The van der Waals surface area contributed by atoms with Crippen LogP contribution >= 0.6 is 0 Å². The standard InChI is InChI=1S/C19H20N2O4/c22-17-12-13-18(23)21(17)15-10-8-14(9-11-15)20-19(24)25-16-6-4-2-1-3-5-7-16/h1-2,8-13,16H,3-7H2,(H,20,24)/b2-1+/t16-/m0/s1. The highest BCUT2D eigenvalue weighted by atomic mass is 16.6. The zero-order valence-corrected chi connectivity index (χ0v) is 13.8. The van der Waals surface area contributed by atoms with E-state index in [1.807, 2.05) is 0 Å². The lowest BCUT2D eigenvalue weighted by Crippen LogP contribution is -2.29. The Labute approximate surface area is 146 Å². The number of nitrogens with one attached hydrogen (secondary N) is 1. The van der Waals surface area contributed by atoms with E-state index in [-0.39, 0.29) is 17.9 Å². The first-order valence-electron chi connectivity index (χ1n) is 8.42. The minimum atomic E-state index is -0.489. The summed E-state index contributed by atoms with van der Waals surface area (Å²) in [5.74, 6) is -0.744. The number of carbonyl (C=O) groups is 3. The second kappa shape index (κ2) is 7.79. The summed E-state index contributed by atoms with van der Waals surface area (Å²) in [6.45, 7) is 0. The van der Waals surface area contributed by atoms with Gasteiger partial charge in [-0.3, -0.25) is 14.9 Å². The van der Waals surface area contributed by atoms with Gasteiger partial charge in [0.1, 0.15) is 6.10 Å². The number of benzene rings is 1. The van der Waals surface area contributed by atoms with E-state index in [0.717, 1.165) is 37.0 Å². The zero-order valence-electron chi connectivity index (χ0n) is 13.8. The maximum absolute atomic E-state index is 12.0. The van der Waals surface area contributed by atoms with Crippen molar-refractivity contribution in [2.45, 2.75) is 38.2 Å². The van der Waals surface area contributed by atoms with E-state index in [0.29, 0.717) is 11.4 Å². The van der Waals surface area contributed by atoms with Crippen LogP contribution in [0.4, 0.5) is 16.2 Å². The van der Waals surface area contributed by atoms with Gasteiger partial charge in [0.2, 0.25) is 0 Å². The molecule has 0 saturated heterocycles. The van der Waals surface area contributed by atoms with Gasteiger partial charge in [-0.1, -0.05) is 12.2 Å². The Morgan fingerprint density at radius 1 is 1.00 bits per heavy atom. The number of anilines is 2. The van der Waals surface area contributed by atoms with E-state index in [1.165, 1.54) is 12.2 Å². The normalized spacial score (nSPS) is 21.6. The van der Waals surface area contributed by atoms with Crippen molar-refractivity contribution in [1.29, 1.82) is 0 Å². The van der Waals surface area contributed by atoms with Gasteiger partial charge >= 0.3 is 6.09 Å². The van der Waals surface area contributed by atoms with Crippen LogP contribution in [-0.2, 0) is 14.3 Å². The van der Waals surface area contributed by atoms with Gasteiger partial charge in [-0.25, -0.2) is 9.69 Å². The molecule has 0 saturated carbocycles. The second-order valence-corrected chi connectivity index (χ2v) is 6.02. The van der Waals surface area contributed by atoms with Crippen LogP contribution in [0.1, 0.15) is 32.1 Å². The molecule has 0 spiro atoms. The third-order valence-electron chi connectivity index (χ3n) is 4.17. The molecule has 6 heteroatoms. The minimum absolute atomic E-state index is 0.0739.